The molecule has 0 fully saturated rings. The summed E-state index contributed by atoms with van der Waals surface area (Å²) in [6.07, 6.45) is 5.02. The molecule has 0 bridgehead atoms. The molecule has 0 radical (unpaired) electrons. The fourth-order valence-corrected chi connectivity index (χ4v) is 4.44. The van der Waals surface area contributed by atoms with Gasteiger partial charge in [-0.25, -0.2) is 0 Å². The Morgan fingerprint density at radius 3 is 2.16 bits per heavy atom. The first-order valence-corrected chi connectivity index (χ1v) is 9.44. The molecule has 1 aliphatic carbocycles. The van der Waals surface area contributed by atoms with Crippen LogP contribution in [-0.4, -0.2) is 32.6 Å². The van der Waals surface area contributed by atoms with Gasteiger partial charge in [-0.3, -0.25) is 0 Å². The van der Waals surface area contributed by atoms with E-state index in [0.717, 1.165) is 5.92 Å². The van der Waals surface area contributed by atoms with Crippen LogP contribution in [0.4, 0.5) is 11.4 Å². The van der Waals surface area contributed by atoms with Gasteiger partial charge in [0.25, 0.3) is 0 Å². The SMILES string of the molecule is CN(C)CCC1CCC2=C(C1)c1ccccc1N(C)c1ccccc12. The summed E-state index contributed by atoms with van der Waals surface area (Å²) in [4.78, 5) is 4.69. The number of allylic oxidation sites excluding steroid dienone is 2. The van der Waals surface area contributed by atoms with E-state index in [4.69, 9.17) is 0 Å². The van der Waals surface area contributed by atoms with Crippen LogP contribution in [0, 0.1) is 5.92 Å². The van der Waals surface area contributed by atoms with Gasteiger partial charge in [-0.15, -0.1) is 0 Å². The first kappa shape index (κ1) is 16.4. The topological polar surface area (TPSA) is 6.48 Å². The van der Waals surface area contributed by atoms with Gasteiger partial charge >= 0.3 is 0 Å². The first-order valence-electron chi connectivity index (χ1n) is 9.44. The van der Waals surface area contributed by atoms with Gasteiger partial charge in [0, 0.05) is 29.5 Å². The van der Waals surface area contributed by atoms with Crippen LogP contribution in [0.1, 0.15) is 36.8 Å². The van der Waals surface area contributed by atoms with Crippen molar-refractivity contribution >= 4 is 22.5 Å². The average Bonchev–Trinajstić information content (AvgIpc) is 2.75. The molecule has 25 heavy (non-hydrogen) atoms. The number of para-hydroxylation sites is 2. The van der Waals surface area contributed by atoms with E-state index in [-0.39, 0.29) is 0 Å². The minimum atomic E-state index is 0.796. The third-order valence-corrected chi connectivity index (χ3v) is 5.83. The van der Waals surface area contributed by atoms with Gasteiger partial charge in [-0.1, -0.05) is 36.4 Å². The molecule has 2 nitrogen and oxygen atoms in total. The molecule has 2 aliphatic rings. The standard InChI is InChI=1S/C23H28N2/c1-24(2)15-14-17-12-13-18-19-8-4-6-10-22(19)25(3)23-11-7-5-9-20(23)21(18)16-17/h4-11,17H,12-16H2,1-3H3. The molecule has 1 aliphatic heterocycles. The van der Waals surface area contributed by atoms with Crippen LogP contribution in [0.2, 0.25) is 0 Å². The molecular formula is C23H28N2. The molecule has 1 heterocycles. The van der Waals surface area contributed by atoms with E-state index in [9.17, 15) is 0 Å². The van der Waals surface area contributed by atoms with Crippen molar-refractivity contribution in [3.05, 3.63) is 59.7 Å². The second-order valence-corrected chi connectivity index (χ2v) is 7.75. The lowest BCUT2D eigenvalue weighted by Crippen LogP contribution is -2.18. The lowest BCUT2D eigenvalue weighted by atomic mass is 9.77. The van der Waals surface area contributed by atoms with Crippen LogP contribution < -0.4 is 4.90 Å². The zero-order valence-corrected chi connectivity index (χ0v) is 15.6. The highest BCUT2D eigenvalue weighted by molar-refractivity contribution is 6.01. The van der Waals surface area contributed by atoms with E-state index in [1.54, 1.807) is 11.1 Å². The number of anilines is 2. The molecule has 2 aromatic carbocycles. The Bertz CT molecular complexity index is 803. The van der Waals surface area contributed by atoms with Gasteiger partial charge in [0.05, 0.1) is 0 Å². The first-order chi connectivity index (χ1) is 12.1. The van der Waals surface area contributed by atoms with Gasteiger partial charge in [0.15, 0.2) is 0 Å². The van der Waals surface area contributed by atoms with E-state index in [1.807, 2.05) is 0 Å². The Morgan fingerprint density at radius 2 is 1.52 bits per heavy atom. The molecule has 4 rings (SSSR count). The molecule has 0 spiro atoms. The number of nitrogens with zero attached hydrogens (tertiary/aromatic N) is 2. The summed E-state index contributed by atoms with van der Waals surface area (Å²) in [5.74, 6) is 0.796. The smallest absolute Gasteiger partial charge is 0.0484 e. The predicted octanol–water partition coefficient (Wildman–Crippen LogP) is 5.43. The summed E-state index contributed by atoms with van der Waals surface area (Å²) in [6.45, 7) is 1.19. The minimum absolute atomic E-state index is 0.796. The number of rotatable bonds is 3. The maximum absolute atomic E-state index is 2.37. The number of hydrogen-bond donors (Lipinski definition) is 0. The monoisotopic (exact) mass is 332 g/mol. The average molecular weight is 332 g/mol. The predicted molar refractivity (Wildman–Crippen MR) is 108 cm³/mol. The van der Waals surface area contributed by atoms with Crippen LogP contribution in [0.25, 0.3) is 11.1 Å². The third kappa shape index (κ3) is 3.00. The van der Waals surface area contributed by atoms with Gasteiger partial charge in [-0.2, -0.15) is 0 Å². The number of benzene rings is 2. The molecule has 1 atom stereocenters. The zero-order chi connectivity index (χ0) is 17.4. The normalized spacial score (nSPS) is 19.4. The summed E-state index contributed by atoms with van der Waals surface area (Å²) >= 11 is 0. The molecule has 2 aromatic rings. The van der Waals surface area contributed by atoms with Crippen molar-refractivity contribution in [2.75, 3.05) is 32.6 Å². The van der Waals surface area contributed by atoms with Crippen molar-refractivity contribution < 1.29 is 0 Å². The number of fused-ring (bicyclic) bond motifs is 4. The largest absolute Gasteiger partial charge is 0.344 e. The summed E-state index contributed by atoms with van der Waals surface area (Å²) < 4.78 is 0. The lowest BCUT2D eigenvalue weighted by molar-refractivity contribution is 0.340. The fraction of sp³-hybridized carbons (Fsp3) is 0.391. The highest BCUT2D eigenvalue weighted by Crippen LogP contribution is 2.49. The molecular weight excluding hydrogens is 304 g/mol. The summed E-state index contributed by atoms with van der Waals surface area (Å²) in [5.41, 5.74) is 8.71. The van der Waals surface area contributed by atoms with E-state index in [2.05, 4.69) is 79.5 Å². The van der Waals surface area contributed by atoms with Crippen molar-refractivity contribution in [2.45, 2.75) is 25.7 Å². The van der Waals surface area contributed by atoms with Gasteiger partial charge < -0.3 is 9.80 Å². The molecule has 0 aromatic heterocycles. The van der Waals surface area contributed by atoms with Crippen LogP contribution in [0.5, 0.6) is 0 Å². The summed E-state index contributed by atoms with van der Waals surface area (Å²) in [5, 5.41) is 0. The van der Waals surface area contributed by atoms with Gasteiger partial charge in [0.2, 0.25) is 0 Å². The fourth-order valence-electron chi connectivity index (χ4n) is 4.44. The molecule has 130 valence electrons. The zero-order valence-electron chi connectivity index (χ0n) is 15.6. The lowest BCUT2D eigenvalue weighted by Gasteiger charge is -2.28. The van der Waals surface area contributed by atoms with Crippen LogP contribution in [-0.2, 0) is 0 Å². The van der Waals surface area contributed by atoms with Crippen molar-refractivity contribution in [3.8, 4) is 0 Å². The Morgan fingerprint density at radius 1 is 0.920 bits per heavy atom. The van der Waals surface area contributed by atoms with Gasteiger partial charge in [0.1, 0.15) is 0 Å². The Hall–Kier alpha value is -2.06. The second-order valence-electron chi connectivity index (χ2n) is 7.75. The highest BCUT2D eigenvalue weighted by atomic mass is 15.1. The molecule has 0 saturated heterocycles. The molecule has 1 unspecified atom stereocenters. The second kappa shape index (κ2) is 6.68. The summed E-state index contributed by atoms with van der Waals surface area (Å²) in [6, 6.07) is 17.9. The van der Waals surface area contributed by atoms with E-state index >= 15 is 0 Å². The van der Waals surface area contributed by atoms with E-state index in [0.29, 0.717) is 0 Å². The molecule has 2 heteroatoms. The quantitative estimate of drug-likeness (QED) is 0.739. The van der Waals surface area contributed by atoms with E-state index < -0.39 is 0 Å². The van der Waals surface area contributed by atoms with E-state index in [1.165, 1.54) is 54.7 Å². The van der Waals surface area contributed by atoms with Crippen molar-refractivity contribution in [2.24, 2.45) is 5.92 Å². The molecule has 0 N–H and O–H groups in total. The minimum Gasteiger partial charge on any atom is -0.344 e. The van der Waals surface area contributed by atoms with Crippen molar-refractivity contribution in [3.63, 3.8) is 0 Å². The number of hydrogen-bond acceptors (Lipinski definition) is 2. The maximum atomic E-state index is 2.37. The third-order valence-electron chi connectivity index (χ3n) is 5.83. The maximum Gasteiger partial charge on any atom is 0.0484 e. The summed E-state index contributed by atoms with van der Waals surface area (Å²) in [7, 11) is 6.57. The Balaban J connectivity index is 1.81. The highest BCUT2D eigenvalue weighted by Gasteiger charge is 2.29. The van der Waals surface area contributed by atoms with Crippen LogP contribution in [0.3, 0.4) is 0 Å². The van der Waals surface area contributed by atoms with Crippen molar-refractivity contribution in [1.82, 2.24) is 4.90 Å². The van der Waals surface area contributed by atoms with Gasteiger partial charge in [-0.05, 0) is 75.5 Å². The van der Waals surface area contributed by atoms with Crippen LogP contribution >= 0.6 is 0 Å². The van der Waals surface area contributed by atoms with Crippen molar-refractivity contribution in [1.29, 1.82) is 0 Å². The Kier molecular flexibility index (Phi) is 4.39. The van der Waals surface area contributed by atoms with Crippen LogP contribution in [0.15, 0.2) is 48.5 Å². The molecule has 0 amide bonds. The molecule has 0 saturated carbocycles. The Labute approximate surface area is 151 Å².